The molecule has 1 aliphatic heterocycles. The molecule has 0 aromatic heterocycles. The van der Waals surface area contributed by atoms with Crippen LogP contribution in [0.25, 0.3) is 0 Å². The van der Waals surface area contributed by atoms with Crippen LogP contribution in [0.4, 0.5) is 5.69 Å². The molecule has 4 N–H and O–H groups in total. The van der Waals surface area contributed by atoms with Crippen molar-refractivity contribution in [1.29, 1.82) is 0 Å². The summed E-state index contributed by atoms with van der Waals surface area (Å²) in [5.41, 5.74) is 11.4. The molecule has 8 heteroatoms. The number of nitrogens with one attached hydrogen (secondary N) is 1. The van der Waals surface area contributed by atoms with Gasteiger partial charge in [-0.2, -0.15) is 0 Å². The highest BCUT2D eigenvalue weighted by Crippen LogP contribution is 2.46. The minimum absolute atomic E-state index is 0.242. The van der Waals surface area contributed by atoms with Crippen LogP contribution in [0.3, 0.4) is 0 Å². The summed E-state index contributed by atoms with van der Waals surface area (Å²) in [6.07, 6.45) is 0.242. The number of hydrogen-bond donors (Lipinski definition) is 3. The van der Waals surface area contributed by atoms with E-state index in [2.05, 4.69) is 5.43 Å². The molecule has 0 saturated heterocycles. The molecule has 0 bridgehead atoms. The Morgan fingerprint density at radius 2 is 1.93 bits per heavy atom. The average molecular weight is 408 g/mol. The van der Waals surface area contributed by atoms with E-state index in [1.165, 1.54) is 11.9 Å². The summed E-state index contributed by atoms with van der Waals surface area (Å²) in [5.74, 6) is -1.69. The standard InChI is InChI=1S/C19H19Cl2N3O3/c1-10(25)23-24-16-7-13(20)6-15(21)18(16)14(8-17(24)19(26)27)12-4-2-11(9-22)3-5-12/h2-7,14,17H,8-9,22H2,1H3,(H,23,25)(H,26,27). The highest BCUT2D eigenvalue weighted by Gasteiger charge is 2.39. The lowest BCUT2D eigenvalue weighted by atomic mass is 9.81. The summed E-state index contributed by atoms with van der Waals surface area (Å²) in [7, 11) is 0. The quantitative estimate of drug-likeness (QED) is 0.722. The third kappa shape index (κ3) is 3.88. The summed E-state index contributed by atoms with van der Waals surface area (Å²) < 4.78 is 0. The van der Waals surface area contributed by atoms with Crippen molar-refractivity contribution < 1.29 is 14.7 Å². The molecular formula is C19H19Cl2N3O3. The molecule has 0 fully saturated rings. The molecule has 0 aliphatic carbocycles. The Hall–Kier alpha value is -2.28. The molecule has 0 saturated carbocycles. The molecule has 0 radical (unpaired) electrons. The van der Waals surface area contributed by atoms with Gasteiger partial charge in [-0.1, -0.05) is 47.5 Å². The second-order valence-electron chi connectivity index (χ2n) is 6.45. The van der Waals surface area contributed by atoms with Gasteiger partial charge in [0.2, 0.25) is 5.91 Å². The SMILES string of the molecule is CC(=O)NN1c2cc(Cl)cc(Cl)c2C(c2ccc(CN)cc2)CC1C(=O)O. The van der Waals surface area contributed by atoms with Crippen LogP contribution in [-0.2, 0) is 16.1 Å². The number of rotatable bonds is 4. The first-order valence-corrected chi connectivity index (χ1v) is 9.14. The van der Waals surface area contributed by atoms with Gasteiger partial charge in [-0.3, -0.25) is 15.2 Å². The predicted octanol–water partition coefficient (Wildman–Crippen LogP) is 3.30. The van der Waals surface area contributed by atoms with Crippen molar-refractivity contribution in [3.63, 3.8) is 0 Å². The molecule has 142 valence electrons. The molecule has 1 heterocycles. The fraction of sp³-hybridized carbons (Fsp3) is 0.263. The molecule has 1 aliphatic rings. The predicted molar refractivity (Wildman–Crippen MR) is 105 cm³/mol. The number of nitrogens with two attached hydrogens (primary N) is 1. The Balaban J connectivity index is 2.17. The maximum absolute atomic E-state index is 11.9. The number of anilines is 1. The van der Waals surface area contributed by atoms with Crippen molar-refractivity contribution >= 4 is 40.8 Å². The van der Waals surface area contributed by atoms with Gasteiger partial charge in [0.1, 0.15) is 6.04 Å². The van der Waals surface area contributed by atoms with Gasteiger partial charge in [0.25, 0.3) is 0 Å². The topological polar surface area (TPSA) is 95.7 Å². The third-order valence-corrected chi connectivity index (χ3v) is 5.16. The lowest BCUT2D eigenvalue weighted by Crippen LogP contribution is -2.54. The number of benzene rings is 2. The monoisotopic (exact) mass is 407 g/mol. The minimum Gasteiger partial charge on any atom is -0.480 e. The van der Waals surface area contributed by atoms with E-state index in [-0.39, 0.29) is 18.2 Å². The van der Waals surface area contributed by atoms with Crippen molar-refractivity contribution in [2.75, 3.05) is 5.01 Å². The molecule has 2 aromatic carbocycles. The maximum atomic E-state index is 11.9. The molecule has 27 heavy (non-hydrogen) atoms. The molecule has 3 rings (SSSR count). The van der Waals surface area contributed by atoms with Crippen molar-refractivity contribution in [2.45, 2.75) is 31.8 Å². The number of fused-ring (bicyclic) bond motifs is 1. The molecule has 6 nitrogen and oxygen atoms in total. The summed E-state index contributed by atoms with van der Waals surface area (Å²) in [5, 5.41) is 11.9. The number of carboxylic acid groups (broad SMARTS) is 1. The first-order chi connectivity index (χ1) is 12.8. The van der Waals surface area contributed by atoms with Gasteiger partial charge in [0, 0.05) is 35.0 Å². The Labute approximate surface area is 166 Å². The van der Waals surface area contributed by atoms with Gasteiger partial charge < -0.3 is 10.8 Å². The molecule has 1 amide bonds. The van der Waals surface area contributed by atoms with Crippen molar-refractivity contribution in [3.8, 4) is 0 Å². The van der Waals surface area contributed by atoms with Crippen LogP contribution < -0.4 is 16.2 Å². The normalized spacial score (nSPS) is 18.7. The summed E-state index contributed by atoms with van der Waals surface area (Å²) in [6, 6.07) is 9.95. The number of hydrogen-bond acceptors (Lipinski definition) is 4. The lowest BCUT2D eigenvalue weighted by molar-refractivity contribution is -0.139. The average Bonchev–Trinajstić information content (AvgIpc) is 2.61. The van der Waals surface area contributed by atoms with Gasteiger partial charge in [0.15, 0.2) is 0 Å². The van der Waals surface area contributed by atoms with Gasteiger partial charge in [-0.25, -0.2) is 4.79 Å². The molecule has 2 atom stereocenters. The fourth-order valence-corrected chi connectivity index (χ4v) is 4.05. The Bertz CT molecular complexity index is 887. The second-order valence-corrected chi connectivity index (χ2v) is 7.29. The summed E-state index contributed by atoms with van der Waals surface area (Å²) >= 11 is 12.6. The van der Waals surface area contributed by atoms with E-state index in [0.717, 1.165) is 16.7 Å². The van der Waals surface area contributed by atoms with E-state index in [4.69, 9.17) is 28.9 Å². The largest absolute Gasteiger partial charge is 0.480 e. The van der Waals surface area contributed by atoms with Gasteiger partial charge in [-0.05, 0) is 29.7 Å². The number of aliphatic carboxylic acids is 1. The van der Waals surface area contributed by atoms with Crippen LogP contribution in [0.15, 0.2) is 36.4 Å². The number of amides is 1. The summed E-state index contributed by atoms with van der Waals surface area (Å²) in [6.45, 7) is 1.74. The van der Waals surface area contributed by atoms with Crippen LogP contribution >= 0.6 is 23.2 Å². The van der Waals surface area contributed by atoms with Gasteiger partial charge in [0.05, 0.1) is 5.69 Å². The summed E-state index contributed by atoms with van der Waals surface area (Å²) in [4.78, 5) is 23.6. The second kappa shape index (κ2) is 7.76. The number of halogens is 2. The van der Waals surface area contributed by atoms with E-state index in [1.807, 2.05) is 24.3 Å². The number of nitrogens with zero attached hydrogens (tertiary/aromatic N) is 1. The Morgan fingerprint density at radius 3 is 2.48 bits per heavy atom. The van der Waals surface area contributed by atoms with Crippen molar-refractivity contribution in [2.24, 2.45) is 5.73 Å². The zero-order chi connectivity index (χ0) is 19.7. The number of carboxylic acids is 1. The van der Waals surface area contributed by atoms with E-state index in [0.29, 0.717) is 22.3 Å². The smallest absolute Gasteiger partial charge is 0.328 e. The van der Waals surface area contributed by atoms with E-state index < -0.39 is 12.0 Å². The highest BCUT2D eigenvalue weighted by atomic mass is 35.5. The Morgan fingerprint density at radius 1 is 1.26 bits per heavy atom. The molecule has 0 spiro atoms. The minimum atomic E-state index is -1.05. The Kier molecular flexibility index (Phi) is 5.60. The maximum Gasteiger partial charge on any atom is 0.328 e. The number of carbonyl (C=O) groups excluding carboxylic acids is 1. The van der Waals surface area contributed by atoms with Crippen LogP contribution in [0.5, 0.6) is 0 Å². The lowest BCUT2D eigenvalue weighted by Gasteiger charge is -2.40. The number of hydrazine groups is 1. The highest BCUT2D eigenvalue weighted by molar-refractivity contribution is 6.35. The first-order valence-electron chi connectivity index (χ1n) is 8.39. The van der Waals surface area contributed by atoms with E-state index in [1.54, 1.807) is 12.1 Å². The van der Waals surface area contributed by atoms with Crippen LogP contribution in [0.2, 0.25) is 10.0 Å². The van der Waals surface area contributed by atoms with Crippen molar-refractivity contribution in [1.82, 2.24) is 5.43 Å². The van der Waals surface area contributed by atoms with E-state index >= 15 is 0 Å². The zero-order valence-corrected chi connectivity index (χ0v) is 16.1. The molecule has 2 aromatic rings. The van der Waals surface area contributed by atoms with Gasteiger partial charge >= 0.3 is 5.97 Å². The fourth-order valence-electron chi connectivity index (χ4n) is 3.44. The van der Waals surface area contributed by atoms with Gasteiger partial charge in [-0.15, -0.1) is 0 Å². The van der Waals surface area contributed by atoms with E-state index in [9.17, 15) is 14.7 Å². The third-order valence-electron chi connectivity index (χ3n) is 4.63. The van der Waals surface area contributed by atoms with Crippen LogP contribution in [0, 0.1) is 0 Å². The first kappa shape index (κ1) is 19.5. The number of carbonyl (C=O) groups is 2. The van der Waals surface area contributed by atoms with Crippen LogP contribution in [0.1, 0.15) is 36.0 Å². The van der Waals surface area contributed by atoms with Crippen LogP contribution in [-0.4, -0.2) is 23.0 Å². The molecule has 2 unspecified atom stereocenters. The van der Waals surface area contributed by atoms with Crippen molar-refractivity contribution in [3.05, 3.63) is 63.1 Å². The zero-order valence-electron chi connectivity index (χ0n) is 14.6. The molecular weight excluding hydrogens is 389 g/mol.